The molecule has 1 aliphatic heterocycles. The third-order valence-electron chi connectivity index (χ3n) is 7.53. The van der Waals surface area contributed by atoms with Gasteiger partial charge in [-0.3, -0.25) is 9.79 Å². The zero-order valence-electron chi connectivity index (χ0n) is 28.5. The zero-order chi connectivity index (χ0) is 33.7. The summed E-state index contributed by atoms with van der Waals surface area (Å²) < 4.78 is 41.7. The minimum Gasteiger partial charge on any atom is -0.497 e. The second-order valence-electron chi connectivity index (χ2n) is 11.8. The summed E-state index contributed by atoms with van der Waals surface area (Å²) in [5.74, 6) is 2.69. The van der Waals surface area contributed by atoms with Crippen molar-refractivity contribution in [2.45, 2.75) is 73.3 Å². The molecule has 0 aliphatic carbocycles. The van der Waals surface area contributed by atoms with Gasteiger partial charge in [0.25, 0.3) is 5.91 Å². The third kappa shape index (κ3) is 9.86. The van der Waals surface area contributed by atoms with E-state index in [-0.39, 0.29) is 23.1 Å². The Bertz CT molecular complexity index is 1440. The van der Waals surface area contributed by atoms with Crippen molar-refractivity contribution in [2.24, 2.45) is 10.4 Å². The minimum absolute atomic E-state index is 0.0119. The number of hydrogen-bond donors (Lipinski definition) is 0. The molecule has 0 N–H and O–H groups in total. The molecule has 0 spiro atoms. The van der Waals surface area contributed by atoms with Crippen molar-refractivity contribution in [3.05, 3.63) is 66.0 Å². The van der Waals surface area contributed by atoms with Gasteiger partial charge >= 0.3 is 0 Å². The van der Waals surface area contributed by atoms with Gasteiger partial charge in [0.1, 0.15) is 17.2 Å². The molecule has 0 saturated heterocycles. The molecule has 3 aromatic carbocycles. The topological polar surface area (TPSA) is 78.8 Å². The first kappa shape index (κ1) is 36.2. The Morgan fingerprint density at radius 2 is 1.52 bits per heavy atom. The van der Waals surface area contributed by atoms with Crippen molar-refractivity contribution in [1.82, 2.24) is 4.90 Å². The van der Waals surface area contributed by atoms with Crippen LogP contribution in [0.15, 0.2) is 59.6 Å². The van der Waals surface area contributed by atoms with Gasteiger partial charge in [-0.15, -0.1) is 0 Å². The maximum Gasteiger partial charge on any atom is 0.256 e. The molecule has 46 heavy (non-hydrogen) atoms. The van der Waals surface area contributed by atoms with Crippen molar-refractivity contribution in [3.8, 4) is 34.5 Å². The predicted molar refractivity (Wildman–Crippen MR) is 181 cm³/mol. The van der Waals surface area contributed by atoms with Crippen LogP contribution >= 0.6 is 0 Å². The Kier molecular flexibility index (Phi) is 13.7. The van der Waals surface area contributed by atoms with Crippen LogP contribution in [0.5, 0.6) is 34.5 Å². The van der Waals surface area contributed by atoms with Crippen molar-refractivity contribution < 1.29 is 32.9 Å². The molecule has 1 heterocycles. The predicted octanol–water partition coefficient (Wildman–Crippen LogP) is 9.27. The third-order valence-corrected chi connectivity index (χ3v) is 7.53. The normalized spacial score (nSPS) is 14.1. The van der Waals surface area contributed by atoms with Crippen LogP contribution in [-0.2, 0) is 0 Å². The molecule has 0 bridgehead atoms. The van der Waals surface area contributed by atoms with Crippen LogP contribution in [0.2, 0.25) is 0 Å². The number of fused-ring (bicyclic) bond motifs is 1. The molecule has 8 nitrogen and oxygen atoms in total. The first-order chi connectivity index (χ1) is 22.1. The summed E-state index contributed by atoms with van der Waals surface area (Å²) in [4.78, 5) is 19.1. The number of rotatable bonds is 14. The quantitative estimate of drug-likeness (QED) is 0.176. The highest BCUT2D eigenvalue weighted by Crippen LogP contribution is 2.37. The van der Waals surface area contributed by atoms with Gasteiger partial charge < -0.3 is 28.6 Å². The number of benzene rings is 3. The standard InChI is InChI=1S/C20H25FO3.C17H24N2O3/c1-5-12-20(2,3)14-23-17-10-11-19(18(21)13-17)24-16-8-6-15(22-4)7-9-16;1-5-8-22-16-10-14-13(9-15(16)21-4)17(20)19(7-3)12(6-2)11-18-14/h6-11,13H,5,12,14H2,1-4H3;9-12H,5-8H2,1-4H3. The van der Waals surface area contributed by atoms with E-state index in [0.29, 0.717) is 54.0 Å². The summed E-state index contributed by atoms with van der Waals surface area (Å²) in [6, 6.07) is 15.2. The molecule has 3 aromatic rings. The van der Waals surface area contributed by atoms with Crippen molar-refractivity contribution in [1.29, 1.82) is 0 Å². The number of halogens is 1. The van der Waals surface area contributed by atoms with E-state index in [4.69, 9.17) is 23.7 Å². The Balaban J connectivity index is 0.000000251. The van der Waals surface area contributed by atoms with Crippen LogP contribution in [0, 0.1) is 11.2 Å². The smallest absolute Gasteiger partial charge is 0.256 e. The monoisotopic (exact) mass is 636 g/mol. The molecule has 1 atom stereocenters. The molecule has 0 saturated carbocycles. The Morgan fingerprint density at radius 3 is 2.11 bits per heavy atom. The fourth-order valence-corrected chi connectivity index (χ4v) is 5.02. The van der Waals surface area contributed by atoms with E-state index < -0.39 is 5.82 Å². The maximum atomic E-state index is 14.2. The highest BCUT2D eigenvalue weighted by Gasteiger charge is 2.27. The van der Waals surface area contributed by atoms with Gasteiger partial charge in [0, 0.05) is 24.9 Å². The number of aliphatic imine (C=N–C) groups is 1. The molecule has 4 rings (SSSR count). The minimum atomic E-state index is -0.448. The summed E-state index contributed by atoms with van der Waals surface area (Å²) in [5.41, 5.74) is 1.28. The highest BCUT2D eigenvalue weighted by molar-refractivity contribution is 6.03. The van der Waals surface area contributed by atoms with Crippen LogP contribution in [0.25, 0.3) is 0 Å². The molecule has 0 fully saturated rings. The number of hydrogen-bond acceptors (Lipinski definition) is 7. The SMILES string of the molecule is CCCC(C)(C)COc1ccc(Oc2ccc(OC)cc2)c(F)c1.CCCOc1cc2c(cc1OC)C(=O)N(CC)C(CC)C=N2. The average molecular weight is 637 g/mol. The molecule has 250 valence electrons. The van der Waals surface area contributed by atoms with E-state index in [1.54, 1.807) is 62.8 Å². The van der Waals surface area contributed by atoms with E-state index >= 15 is 0 Å². The van der Waals surface area contributed by atoms with Gasteiger partial charge in [-0.25, -0.2) is 4.39 Å². The Morgan fingerprint density at radius 1 is 0.826 bits per heavy atom. The van der Waals surface area contributed by atoms with Gasteiger partial charge in [-0.05, 0) is 74.1 Å². The van der Waals surface area contributed by atoms with Crippen molar-refractivity contribution in [2.75, 3.05) is 34.0 Å². The Labute approximate surface area is 273 Å². The molecule has 0 aromatic heterocycles. The molecule has 1 amide bonds. The fourth-order valence-electron chi connectivity index (χ4n) is 5.02. The lowest BCUT2D eigenvalue weighted by Crippen LogP contribution is -2.39. The molecule has 9 heteroatoms. The second kappa shape index (κ2) is 17.4. The van der Waals surface area contributed by atoms with Gasteiger partial charge in [-0.2, -0.15) is 0 Å². The molecule has 0 radical (unpaired) electrons. The number of nitrogens with zero attached hydrogens (tertiary/aromatic N) is 2. The summed E-state index contributed by atoms with van der Waals surface area (Å²) in [7, 11) is 3.17. The second-order valence-corrected chi connectivity index (χ2v) is 11.8. The molecule has 1 unspecified atom stereocenters. The van der Waals surface area contributed by atoms with Gasteiger partial charge in [0.05, 0.1) is 44.7 Å². The Hall–Kier alpha value is -4.27. The maximum absolute atomic E-state index is 14.2. The van der Waals surface area contributed by atoms with Gasteiger partial charge in [0.2, 0.25) is 0 Å². The number of ether oxygens (including phenoxy) is 5. The van der Waals surface area contributed by atoms with Crippen LogP contribution in [0.1, 0.15) is 77.6 Å². The van der Waals surface area contributed by atoms with Gasteiger partial charge in [0.15, 0.2) is 23.1 Å². The first-order valence-corrected chi connectivity index (χ1v) is 16.0. The van der Waals surface area contributed by atoms with Crippen LogP contribution in [0.3, 0.4) is 0 Å². The molecular weight excluding hydrogens is 587 g/mol. The summed E-state index contributed by atoms with van der Waals surface area (Å²) in [6.45, 7) is 14.3. The number of carbonyl (C=O) groups is 1. The average Bonchev–Trinajstić information content (AvgIpc) is 3.19. The van der Waals surface area contributed by atoms with E-state index in [0.717, 1.165) is 31.4 Å². The largest absolute Gasteiger partial charge is 0.497 e. The molecule has 1 aliphatic rings. The summed E-state index contributed by atoms with van der Waals surface area (Å²) in [5, 5.41) is 0. The zero-order valence-corrected chi connectivity index (χ0v) is 28.5. The number of carbonyl (C=O) groups excluding carboxylic acids is 1. The van der Waals surface area contributed by atoms with Crippen molar-refractivity contribution >= 4 is 17.8 Å². The lowest BCUT2D eigenvalue weighted by atomic mass is 9.89. The number of amides is 1. The van der Waals surface area contributed by atoms with E-state index in [1.807, 2.05) is 25.0 Å². The lowest BCUT2D eigenvalue weighted by Gasteiger charge is -2.26. The summed E-state index contributed by atoms with van der Waals surface area (Å²) >= 11 is 0. The summed E-state index contributed by atoms with van der Waals surface area (Å²) in [6.07, 6.45) is 5.76. The highest BCUT2D eigenvalue weighted by atomic mass is 19.1. The van der Waals surface area contributed by atoms with Crippen molar-refractivity contribution in [3.63, 3.8) is 0 Å². The van der Waals surface area contributed by atoms with E-state index in [1.165, 1.54) is 6.07 Å². The lowest BCUT2D eigenvalue weighted by molar-refractivity contribution is 0.0738. The number of methoxy groups -OCH3 is 2. The van der Waals surface area contributed by atoms with Gasteiger partial charge in [-0.1, -0.05) is 41.0 Å². The fraction of sp³-hybridized carbons (Fsp3) is 0.459. The van der Waals surface area contributed by atoms with E-state index in [2.05, 4.69) is 32.7 Å². The van der Waals surface area contributed by atoms with Crippen LogP contribution < -0.4 is 23.7 Å². The van der Waals surface area contributed by atoms with Crippen LogP contribution in [-0.4, -0.2) is 57.0 Å². The van der Waals surface area contributed by atoms with E-state index in [9.17, 15) is 9.18 Å². The van der Waals surface area contributed by atoms with Crippen LogP contribution in [0.4, 0.5) is 10.1 Å². The first-order valence-electron chi connectivity index (χ1n) is 16.0. The molecular formula is C37H49FN2O6.